The van der Waals surface area contributed by atoms with E-state index in [1.807, 2.05) is 20.8 Å². The predicted octanol–water partition coefficient (Wildman–Crippen LogP) is 3.48. The van der Waals surface area contributed by atoms with Gasteiger partial charge < -0.3 is 15.0 Å². The fraction of sp³-hybridized carbons (Fsp3) is 0.588. The molecule has 1 heterocycles. The first kappa shape index (κ1) is 17.7. The lowest BCUT2D eigenvalue weighted by atomic mass is 9.92. The number of hydrogen-bond donors (Lipinski definition) is 1. The Labute approximate surface area is 135 Å². The summed E-state index contributed by atoms with van der Waals surface area (Å²) in [7, 11) is 1.74. The topological polar surface area (TPSA) is 41.6 Å². The molecule has 1 saturated heterocycles. The van der Waals surface area contributed by atoms with Crippen molar-refractivity contribution in [3.8, 4) is 0 Å². The maximum Gasteiger partial charge on any atom is 0.410 e. The quantitative estimate of drug-likeness (QED) is 0.924. The van der Waals surface area contributed by atoms with Crippen molar-refractivity contribution in [2.24, 2.45) is 5.92 Å². The molecule has 0 radical (unpaired) electrons. The third-order valence-electron chi connectivity index (χ3n) is 3.96. The van der Waals surface area contributed by atoms with Gasteiger partial charge in [0.2, 0.25) is 0 Å². The summed E-state index contributed by atoms with van der Waals surface area (Å²) >= 11 is 0. The lowest BCUT2D eigenvalue weighted by Crippen LogP contribution is -2.36. The first-order valence-electron chi connectivity index (χ1n) is 7.81. The number of likely N-dealkylation sites (tertiary alicyclic amines) is 1. The first-order chi connectivity index (χ1) is 10.7. The van der Waals surface area contributed by atoms with Crippen molar-refractivity contribution in [1.29, 1.82) is 0 Å². The monoisotopic (exact) mass is 326 g/mol. The molecular weight excluding hydrogens is 302 g/mol. The smallest absolute Gasteiger partial charge is 0.410 e. The van der Waals surface area contributed by atoms with E-state index >= 15 is 0 Å². The minimum absolute atomic E-state index is 0.0486. The molecule has 1 aromatic rings. The molecule has 1 amide bonds. The Hall–Kier alpha value is -1.69. The second-order valence-corrected chi connectivity index (χ2v) is 6.91. The number of hydrogen-bond acceptors (Lipinski definition) is 3. The van der Waals surface area contributed by atoms with Crippen LogP contribution in [0.15, 0.2) is 18.2 Å². The zero-order chi connectivity index (χ0) is 17.2. The molecular formula is C17H24F2N2O2. The highest BCUT2D eigenvalue weighted by molar-refractivity contribution is 5.68. The molecule has 4 nitrogen and oxygen atoms in total. The standard InChI is InChI=1S/C17H24F2N2O2/c1-17(2,3)23-16(22)21-8-7-11(10-21)15(20-4)13-6-5-12(18)9-14(13)19/h5-6,9,11,15,20H,7-8,10H2,1-4H3. The van der Waals surface area contributed by atoms with Crippen LogP contribution in [0.25, 0.3) is 0 Å². The largest absolute Gasteiger partial charge is 0.444 e. The van der Waals surface area contributed by atoms with Gasteiger partial charge in [0.15, 0.2) is 0 Å². The molecule has 1 aliphatic heterocycles. The van der Waals surface area contributed by atoms with Crippen molar-refractivity contribution in [2.45, 2.75) is 38.8 Å². The van der Waals surface area contributed by atoms with Gasteiger partial charge in [-0.1, -0.05) is 6.07 Å². The third-order valence-corrected chi connectivity index (χ3v) is 3.96. The molecule has 1 N–H and O–H groups in total. The Balaban J connectivity index is 2.08. The molecule has 1 aromatic carbocycles. The number of ether oxygens (including phenoxy) is 1. The second kappa shape index (κ2) is 6.83. The number of halogens is 2. The van der Waals surface area contributed by atoms with E-state index in [1.165, 1.54) is 12.1 Å². The fourth-order valence-corrected chi connectivity index (χ4v) is 2.95. The van der Waals surface area contributed by atoms with Gasteiger partial charge in [-0.2, -0.15) is 0 Å². The van der Waals surface area contributed by atoms with Crippen molar-refractivity contribution < 1.29 is 18.3 Å². The van der Waals surface area contributed by atoms with Crippen LogP contribution in [-0.4, -0.2) is 36.7 Å². The van der Waals surface area contributed by atoms with Gasteiger partial charge in [-0.15, -0.1) is 0 Å². The fourth-order valence-electron chi connectivity index (χ4n) is 2.95. The van der Waals surface area contributed by atoms with E-state index < -0.39 is 17.2 Å². The van der Waals surface area contributed by atoms with Gasteiger partial charge in [0, 0.05) is 30.8 Å². The van der Waals surface area contributed by atoms with Crippen molar-refractivity contribution >= 4 is 6.09 Å². The summed E-state index contributed by atoms with van der Waals surface area (Å²) in [6.07, 6.45) is 0.385. The molecule has 0 aromatic heterocycles. The molecule has 1 fully saturated rings. The van der Waals surface area contributed by atoms with Crippen molar-refractivity contribution in [2.75, 3.05) is 20.1 Å². The van der Waals surface area contributed by atoms with Crippen molar-refractivity contribution in [3.05, 3.63) is 35.4 Å². The summed E-state index contributed by atoms with van der Waals surface area (Å²) in [4.78, 5) is 13.8. The number of carbonyl (C=O) groups excluding carboxylic acids is 1. The van der Waals surface area contributed by atoms with Crippen LogP contribution in [0.2, 0.25) is 0 Å². The van der Waals surface area contributed by atoms with Gasteiger partial charge in [-0.05, 0) is 46.2 Å². The molecule has 2 rings (SSSR count). The number of nitrogens with one attached hydrogen (secondary N) is 1. The number of carbonyl (C=O) groups is 1. The molecule has 0 saturated carbocycles. The summed E-state index contributed by atoms with van der Waals surface area (Å²) < 4.78 is 32.5. The van der Waals surface area contributed by atoms with Crippen LogP contribution >= 0.6 is 0 Å². The third kappa shape index (κ3) is 4.41. The second-order valence-electron chi connectivity index (χ2n) is 6.91. The molecule has 6 heteroatoms. The number of amides is 1. The van der Waals surface area contributed by atoms with Crippen LogP contribution in [0, 0.1) is 17.6 Å². The van der Waals surface area contributed by atoms with Gasteiger partial charge in [0.1, 0.15) is 17.2 Å². The molecule has 2 atom stereocenters. The molecule has 0 bridgehead atoms. The summed E-state index contributed by atoms with van der Waals surface area (Å²) in [6, 6.07) is 3.33. The molecule has 23 heavy (non-hydrogen) atoms. The average molecular weight is 326 g/mol. The van der Waals surface area contributed by atoms with Gasteiger partial charge in [-0.3, -0.25) is 0 Å². The first-order valence-corrected chi connectivity index (χ1v) is 7.81. The van der Waals surface area contributed by atoms with Crippen LogP contribution in [0.3, 0.4) is 0 Å². The molecule has 128 valence electrons. The minimum atomic E-state index is -0.595. The zero-order valence-corrected chi connectivity index (χ0v) is 14.0. The summed E-state index contributed by atoms with van der Waals surface area (Å²) in [6.45, 7) is 6.52. The van der Waals surface area contributed by atoms with Gasteiger partial charge in [0.05, 0.1) is 0 Å². The number of nitrogens with zero attached hydrogens (tertiary/aromatic N) is 1. The normalized spacial score (nSPS) is 19.7. The summed E-state index contributed by atoms with van der Waals surface area (Å²) in [5, 5.41) is 3.09. The lowest BCUT2D eigenvalue weighted by Gasteiger charge is -2.26. The Kier molecular flexibility index (Phi) is 5.24. The van der Waals surface area contributed by atoms with E-state index in [2.05, 4.69) is 5.32 Å². The lowest BCUT2D eigenvalue weighted by molar-refractivity contribution is 0.0285. The van der Waals surface area contributed by atoms with E-state index in [4.69, 9.17) is 4.74 Å². The van der Waals surface area contributed by atoms with Gasteiger partial charge >= 0.3 is 6.09 Å². The van der Waals surface area contributed by atoms with Crippen molar-refractivity contribution in [1.82, 2.24) is 10.2 Å². The SMILES string of the molecule is CNC(c1ccc(F)cc1F)C1CCN(C(=O)OC(C)(C)C)C1. The van der Waals surface area contributed by atoms with Gasteiger partial charge in [0.25, 0.3) is 0 Å². The van der Waals surface area contributed by atoms with Gasteiger partial charge in [-0.25, -0.2) is 13.6 Å². The summed E-state index contributed by atoms with van der Waals surface area (Å²) in [5.74, 6) is -1.12. The molecule has 1 aliphatic rings. The van der Waals surface area contributed by atoms with Crippen LogP contribution in [0.4, 0.5) is 13.6 Å². The van der Waals surface area contributed by atoms with Crippen LogP contribution in [0.5, 0.6) is 0 Å². The highest BCUT2D eigenvalue weighted by Crippen LogP contribution is 2.32. The van der Waals surface area contributed by atoms with E-state index in [-0.39, 0.29) is 18.1 Å². The van der Waals surface area contributed by atoms with E-state index in [9.17, 15) is 13.6 Å². The molecule has 2 unspecified atom stereocenters. The molecule has 0 aliphatic carbocycles. The van der Waals surface area contributed by atoms with Crippen molar-refractivity contribution in [3.63, 3.8) is 0 Å². The van der Waals surface area contributed by atoms with Crippen LogP contribution < -0.4 is 5.32 Å². The number of rotatable bonds is 3. The predicted molar refractivity (Wildman–Crippen MR) is 84.1 cm³/mol. The van der Waals surface area contributed by atoms with Crippen LogP contribution in [-0.2, 0) is 4.74 Å². The molecule has 0 spiro atoms. The van der Waals surface area contributed by atoms with E-state index in [0.29, 0.717) is 18.7 Å². The average Bonchev–Trinajstić information content (AvgIpc) is 2.90. The Bertz CT molecular complexity index is 572. The Morgan fingerprint density at radius 1 is 1.39 bits per heavy atom. The number of benzene rings is 1. The highest BCUT2D eigenvalue weighted by Gasteiger charge is 2.35. The zero-order valence-electron chi connectivity index (χ0n) is 14.0. The Morgan fingerprint density at radius 3 is 2.65 bits per heavy atom. The maximum absolute atomic E-state index is 14.0. The van der Waals surface area contributed by atoms with Crippen LogP contribution in [0.1, 0.15) is 38.8 Å². The van der Waals surface area contributed by atoms with E-state index in [1.54, 1.807) is 11.9 Å². The highest BCUT2D eigenvalue weighted by atomic mass is 19.1. The minimum Gasteiger partial charge on any atom is -0.444 e. The maximum atomic E-state index is 14.0. The summed E-state index contributed by atoms with van der Waals surface area (Å²) in [5.41, 5.74) is -0.120. The van der Waals surface area contributed by atoms with E-state index in [0.717, 1.165) is 12.5 Å². The Morgan fingerprint density at radius 2 is 2.09 bits per heavy atom.